The number of aryl methyl sites for hydroxylation is 1. The maximum absolute atomic E-state index is 11.6. The van der Waals surface area contributed by atoms with Crippen molar-refractivity contribution in [1.82, 2.24) is 9.97 Å². The molecule has 0 fully saturated rings. The van der Waals surface area contributed by atoms with Crippen LogP contribution in [0.5, 0.6) is 0 Å². The van der Waals surface area contributed by atoms with Crippen molar-refractivity contribution in [2.45, 2.75) is 20.3 Å². The fraction of sp³-hybridized carbons (Fsp3) is 0.211. The van der Waals surface area contributed by atoms with Gasteiger partial charge in [-0.2, -0.15) is 0 Å². The van der Waals surface area contributed by atoms with E-state index in [4.69, 9.17) is 22.3 Å². The van der Waals surface area contributed by atoms with Gasteiger partial charge >= 0.3 is 6.03 Å². The molecule has 0 aliphatic rings. The molecule has 3 aromatic rings. The van der Waals surface area contributed by atoms with Gasteiger partial charge in [0.25, 0.3) is 0 Å². The number of nitrogens with zero attached hydrogens (tertiary/aromatic N) is 3. The number of nitrogens with two attached hydrogens (primary N) is 1. The summed E-state index contributed by atoms with van der Waals surface area (Å²) < 4.78 is 0. The minimum atomic E-state index is -0.522. The zero-order valence-corrected chi connectivity index (χ0v) is 16.1. The van der Waals surface area contributed by atoms with E-state index in [-0.39, 0.29) is 0 Å². The van der Waals surface area contributed by atoms with E-state index in [1.54, 1.807) is 17.5 Å². The molecule has 7 heteroatoms. The van der Waals surface area contributed by atoms with Gasteiger partial charge in [0, 0.05) is 23.3 Å². The van der Waals surface area contributed by atoms with Crippen molar-refractivity contribution in [2.24, 2.45) is 5.73 Å². The fourth-order valence-electron chi connectivity index (χ4n) is 2.68. The van der Waals surface area contributed by atoms with E-state index < -0.39 is 6.03 Å². The van der Waals surface area contributed by atoms with Crippen molar-refractivity contribution in [2.75, 3.05) is 11.4 Å². The van der Waals surface area contributed by atoms with Crippen LogP contribution in [0.2, 0.25) is 5.02 Å². The van der Waals surface area contributed by atoms with Gasteiger partial charge in [0.1, 0.15) is 5.82 Å². The van der Waals surface area contributed by atoms with Gasteiger partial charge < -0.3 is 5.73 Å². The number of aromatic nitrogens is 2. The lowest BCUT2D eigenvalue weighted by Gasteiger charge is -2.17. The Kier molecular flexibility index (Phi) is 5.54. The number of amides is 2. The molecule has 0 aliphatic carbocycles. The molecule has 1 aromatic carbocycles. The van der Waals surface area contributed by atoms with E-state index in [1.807, 2.05) is 43.3 Å². The number of pyridine rings is 1. The average molecular weight is 387 g/mol. The summed E-state index contributed by atoms with van der Waals surface area (Å²) in [5.41, 5.74) is 8.25. The van der Waals surface area contributed by atoms with Crippen LogP contribution in [0.3, 0.4) is 0 Å². The summed E-state index contributed by atoms with van der Waals surface area (Å²) in [6.07, 6.45) is 2.53. The molecule has 0 spiro atoms. The van der Waals surface area contributed by atoms with E-state index in [2.05, 4.69) is 11.9 Å². The second-order valence-corrected chi connectivity index (χ2v) is 7.15. The Balaban J connectivity index is 2.12. The van der Waals surface area contributed by atoms with E-state index in [9.17, 15) is 4.79 Å². The highest BCUT2D eigenvalue weighted by Gasteiger charge is 2.17. The molecule has 2 amide bonds. The number of halogens is 1. The lowest BCUT2D eigenvalue weighted by Crippen LogP contribution is -2.36. The number of carbonyl (C=O) groups excluding carboxylic acids is 1. The van der Waals surface area contributed by atoms with Crippen molar-refractivity contribution >= 4 is 34.8 Å². The Labute approximate surface area is 161 Å². The summed E-state index contributed by atoms with van der Waals surface area (Å²) in [4.78, 5) is 23.2. The SMILES string of the molecule is CCc1nc(-c2cccc(Cl)c2)c(-c2ccnc(N(CC)C(N)=O)c2)s1. The molecule has 0 radical (unpaired) electrons. The number of primary amides is 1. The van der Waals surface area contributed by atoms with E-state index in [0.717, 1.165) is 33.1 Å². The van der Waals surface area contributed by atoms with Crippen LogP contribution < -0.4 is 10.6 Å². The summed E-state index contributed by atoms with van der Waals surface area (Å²) in [5, 5.41) is 1.70. The second-order valence-electron chi connectivity index (χ2n) is 5.63. The van der Waals surface area contributed by atoms with Crippen LogP contribution in [0.15, 0.2) is 42.6 Å². The van der Waals surface area contributed by atoms with E-state index in [0.29, 0.717) is 17.4 Å². The number of anilines is 1. The van der Waals surface area contributed by atoms with Crippen molar-refractivity contribution in [3.8, 4) is 21.7 Å². The first-order valence-electron chi connectivity index (χ1n) is 8.32. The van der Waals surface area contributed by atoms with E-state index >= 15 is 0 Å². The predicted molar refractivity (Wildman–Crippen MR) is 108 cm³/mol. The van der Waals surface area contributed by atoms with Crippen molar-refractivity contribution < 1.29 is 4.79 Å². The molecule has 0 atom stereocenters. The van der Waals surface area contributed by atoms with Crippen LogP contribution in [-0.2, 0) is 6.42 Å². The summed E-state index contributed by atoms with van der Waals surface area (Å²) >= 11 is 7.79. The highest BCUT2D eigenvalue weighted by Crippen LogP contribution is 2.38. The van der Waals surface area contributed by atoms with Crippen LogP contribution in [0.1, 0.15) is 18.9 Å². The Hall–Kier alpha value is -2.44. The van der Waals surface area contributed by atoms with Gasteiger partial charge in [-0.25, -0.2) is 14.8 Å². The molecule has 0 aliphatic heterocycles. The maximum Gasteiger partial charge on any atom is 0.320 e. The van der Waals surface area contributed by atoms with Crippen LogP contribution in [0, 0.1) is 0 Å². The van der Waals surface area contributed by atoms with Crippen LogP contribution in [-0.4, -0.2) is 22.5 Å². The van der Waals surface area contributed by atoms with Gasteiger partial charge in [0.15, 0.2) is 0 Å². The van der Waals surface area contributed by atoms with Crippen LogP contribution in [0.25, 0.3) is 21.7 Å². The van der Waals surface area contributed by atoms with Crippen molar-refractivity contribution in [1.29, 1.82) is 0 Å². The highest BCUT2D eigenvalue weighted by atomic mass is 35.5. The average Bonchev–Trinajstić information content (AvgIpc) is 3.07. The zero-order chi connectivity index (χ0) is 18.7. The molecule has 2 N–H and O–H groups in total. The largest absolute Gasteiger partial charge is 0.351 e. The molecule has 0 unspecified atom stereocenters. The van der Waals surface area contributed by atoms with Gasteiger partial charge in [-0.05, 0) is 43.2 Å². The summed E-state index contributed by atoms with van der Waals surface area (Å²) in [7, 11) is 0. The van der Waals surface area contributed by atoms with E-state index in [1.165, 1.54) is 4.90 Å². The molecular formula is C19H19ClN4OS. The van der Waals surface area contributed by atoms with Crippen LogP contribution >= 0.6 is 22.9 Å². The van der Waals surface area contributed by atoms with Crippen LogP contribution in [0.4, 0.5) is 10.6 Å². The highest BCUT2D eigenvalue weighted by molar-refractivity contribution is 7.15. The molecule has 0 saturated heterocycles. The standard InChI is InChI=1S/C19H19ClN4OS/c1-3-16-23-17(12-6-5-7-14(20)10-12)18(26-16)13-8-9-22-15(11-13)24(4-2)19(21)25/h5-11H,3-4H2,1-2H3,(H2,21,25). The van der Waals surface area contributed by atoms with Crippen molar-refractivity contribution in [3.63, 3.8) is 0 Å². The Bertz CT molecular complexity index is 941. The predicted octanol–water partition coefficient (Wildman–Crippen LogP) is 4.99. The smallest absolute Gasteiger partial charge is 0.320 e. The molecule has 0 bridgehead atoms. The number of carbonyl (C=O) groups is 1. The fourth-order valence-corrected chi connectivity index (χ4v) is 3.89. The number of hydrogen-bond acceptors (Lipinski definition) is 4. The Morgan fingerprint density at radius 2 is 2.04 bits per heavy atom. The minimum Gasteiger partial charge on any atom is -0.351 e. The number of benzene rings is 1. The summed E-state index contributed by atoms with van der Waals surface area (Å²) in [6.45, 7) is 4.39. The lowest BCUT2D eigenvalue weighted by molar-refractivity contribution is 0.254. The summed E-state index contributed by atoms with van der Waals surface area (Å²) in [5.74, 6) is 0.529. The van der Waals surface area contributed by atoms with Gasteiger partial charge in [0.2, 0.25) is 0 Å². The minimum absolute atomic E-state index is 0.454. The Morgan fingerprint density at radius 3 is 2.69 bits per heavy atom. The summed E-state index contributed by atoms with van der Waals surface area (Å²) in [6, 6.07) is 10.9. The first-order chi connectivity index (χ1) is 12.5. The second kappa shape index (κ2) is 7.85. The maximum atomic E-state index is 11.6. The van der Waals surface area contributed by atoms with Gasteiger partial charge in [-0.1, -0.05) is 30.7 Å². The molecule has 2 aromatic heterocycles. The lowest BCUT2D eigenvalue weighted by atomic mass is 10.1. The van der Waals surface area contributed by atoms with Gasteiger partial charge in [-0.3, -0.25) is 4.90 Å². The number of thiazole rings is 1. The monoisotopic (exact) mass is 386 g/mol. The molecule has 3 rings (SSSR count). The van der Waals surface area contributed by atoms with Crippen molar-refractivity contribution in [3.05, 3.63) is 52.6 Å². The quantitative estimate of drug-likeness (QED) is 0.671. The normalized spacial score (nSPS) is 10.7. The molecule has 26 heavy (non-hydrogen) atoms. The molecule has 5 nitrogen and oxygen atoms in total. The molecule has 134 valence electrons. The molecule has 2 heterocycles. The van der Waals surface area contributed by atoms with Gasteiger partial charge in [-0.15, -0.1) is 11.3 Å². The first kappa shape index (κ1) is 18.4. The third kappa shape index (κ3) is 3.71. The third-order valence-corrected chi connectivity index (χ3v) is 5.42. The number of rotatable bonds is 5. The molecular weight excluding hydrogens is 368 g/mol. The topological polar surface area (TPSA) is 72.1 Å². The number of urea groups is 1. The Morgan fingerprint density at radius 1 is 1.23 bits per heavy atom. The number of hydrogen-bond donors (Lipinski definition) is 1. The van der Waals surface area contributed by atoms with Gasteiger partial charge in [0.05, 0.1) is 15.6 Å². The zero-order valence-electron chi connectivity index (χ0n) is 14.6. The third-order valence-electron chi connectivity index (χ3n) is 3.94. The first-order valence-corrected chi connectivity index (χ1v) is 9.52. The molecule has 0 saturated carbocycles.